The van der Waals surface area contributed by atoms with Crippen LogP contribution >= 0.6 is 23.3 Å². The number of thioether (sulfide) groups is 1. The number of nitrogens with zero attached hydrogens (tertiary/aromatic N) is 2. The van der Waals surface area contributed by atoms with Gasteiger partial charge in [-0.15, -0.1) is 0 Å². The van der Waals surface area contributed by atoms with Crippen LogP contribution in [0.4, 0.5) is 0 Å². The fourth-order valence-corrected chi connectivity index (χ4v) is 2.17. The molecular weight excluding hydrogens is 208 g/mol. The molecule has 1 unspecified atom stereocenters. The molecule has 1 aromatic rings. The lowest BCUT2D eigenvalue weighted by molar-refractivity contribution is -0.143. The van der Waals surface area contributed by atoms with Crippen LogP contribution in [0.2, 0.25) is 0 Å². The highest BCUT2D eigenvalue weighted by atomic mass is 32.2. The Morgan fingerprint density at radius 3 is 3.15 bits per heavy atom. The third-order valence-corrected chi connectivity index (χ3v) is 3.46. The van der Waals surface area contributed by atoms with Gasteiger partial charge in [-0.05, 0) is 11.5 Å². The van der Waals surface area contributed by atoms with Gasteiger partial charge in [-0.25, -0.2) is 4.98 Å². The van der Waals surface area contributed by atoms with Crippen LogP contribution in [0.3, 0.4) is 0 Å². The summed E-state index contributed by atoms with van der Waals surface area (Å²) in [6.45, 7) is 1.83. The van der Waals surface area contributed by atoms with Crippen molar-refractivity contribution in [3.05, 3.63) is 6.33 Å². The Hall–Kier alpha value is -0.620. The molecule has 1 heterocycles. The van der Waals surface area contributed by atoms with E-state index in [-0.39, 0.29) is 11.9 Å². The van der Waals surface area contributed by atoms with Gasteiger partial charge < -0.3 is 4.74 Å². The largest absolute Gasteiger partial charge is 0.469 e. The van der Waals surface area contributed by atoms with Crippen LogP contribution in [0.1, 0.15) is 6.92 Å². The molecule has 4 nitrogen and oxygen atoms in total. The molecule has 0 spiro atoms. The van der Waals surface area contributed by atoms with Crippen molar-refractivity contribution >= 4 is 29.3 Å². The van der Waals surface area contributed by atoms with Gasteiger partial charge in [0, 0.05) is 5.75 Å². The van der Waals surface area contributed by atoms with E-state index < -0.39 is 0 Å². The van der Waals surface area contributed by atoms with Crippen molar-refractivity contribution in [2.45, 2.75) is 11.3 Å². The maximum absolute atomic E-state index is 11.0. The Labute approximate surface area is 84.9 Å². The number of methoxy groups -OCH3 is 1. The molecule has 1 aromatic heterocycles. The number of carbonyl (C=O) groups is 1. The van der Waals surface area contributed by atoms with Gasteiger partial charge in [-0.1, -0.05) is 18.7 Å². The highest BCUT2D eigenvalue weighted by Crippen LogP contribution is 2.21. The van der Waals surface area contributed by atoms with E-state index in [1.807, 2.05) is 6.92 Å². The number of hydrogen-bond donors (Lipinski definition) is 0. The van der Waals surface area contributed by atoms with Crippen molar-refractivity contribution in [2.75, 3.05) is 12.9 Å². The summed E-state index contributed by atoms with van der Waals surface area (Å²) in [4.78, 5) is 15.0. The van der Waals surface area contributed by atoms with E-state index in [1.54, 1.807) is 0 Å². The van der Waals surface area contributed by atoms with Crippen LogP contribution in [0.25, 0.3) is 0 Å². The molecule has 1 rings (SSSR count). The fourth-order valence-electron chi connectivity index (χ4n) is 0.692. The zero-order valence-corrected chi connectivity index (χ0v) is 9.02. The van der Waals surface area contributed by atoms with Gasteiger partial charge in [0.05, 0.1) is 13.0 Å². The maximum atomic E-state index is 11.0. The monoisotopic (exact) mass is 218 g/mol. The quantitative estimate of drug-likeness (QED) is 0.565. The van der Waals surface area contributed by atoms with Crippen molar-refractivity contribution in [3.8, 4) is 0 Å². The standard InChI is InChI=1S/C7H10N2O2S2/c1-5(6(10)11-2)3-12-7-8-4-9-13-7/h4-5H,3H2,1-2H3. The average Bonchev–Trinajstić information content (AvgIpc) is 2.65. The predicted octanol–water partition coefficient (Wildman–Crippen LogP) is 1.44. The number of rotatable bonds is 4. The number of ether oxygens (including phenoxy) is 1. The van der Waals surface area contributed by atoms with Crippen LogP contribution in [0, 0.1) is 5.92 Å². The number of esters is 1. The lowest BCUT2D eigenvalue weighted by atomic mass is 10.2. The van der Waals surface area contributed by atoms with E-state index in [2.05, 4.69) is 14.1 Å². The molecular formula is C7H10N2O2S2. The van der Waals surface area contributed by atoms with Gasteiger partial charge in [0.15, 0.2) is 4.34 Å². The van der Waals surface area contributed by atoms with Crippen molar-refractivity contribution in [1.29, 1.82) is 0 Å². The predicted molar refractivity (Wildman–Crippen MR) is 51.8 cm³/mol. The Morgan fingerprint density at radius 2 is 2.62 bits per heavy atom. The molecule has 0 aliphatic carbocycles. The van der Waals surface area contributed by atoms with E-state index >= 15 is 0 Å². The molecule has 0 bridgehead atoms. The number of carbonyl (C=O) groups excluding carboxylic acids is 1. The molecule has 6 heteroatoms. The normalized spacial score (nSPS) is 12.5. The minimum Gasteiger partial charge on any atom is -0.469 e. The first kappa shape index (κ1) is 10.5. The minimum atomic E-state index is -0.183. The van der Waals surface area contributed by atoms with E-state index in [0.717, 1.165) is 4.34 Å². The summed E-state index contributed by atoms with van der Waals surface area (Å²) in [6.07, 6.45) is 1.51. The highest BCUT2D eigenvalue weighted by molar-refractivity contribution is 8.00. The van der Waals surface area contributed by atoms with Crippen molar-refractivity contribution in [2.24, 2.45) is 5.92 Å². The van der Waals surface area contributed by atoms with Gasteiger partial charge in [0.1, 0.15) is 6.33 Å². The van der Waals surface area contributed by atoms with Gasteiger partial charge in [0.2, 0.25) is 0 Å². The van der Waals surface area contributed by atoms with Gasteiger partial charge >= 0.3 is 5.97 Å². The van der Waals surface area contributed by atoms with Crippen LogP contribution in [-0.4, -0.2) is 28.2 Å². The molecule has 72 valence electrons. The molecule has 1 atom stereocenters. The van der Waals surface area contributed by atoms with Crippen LogP contribution in [0.5, 0.6) is 0 Å². The number of aromatic nitrogens is 2. The van der Waals surface area contributed by atoms with Crippen LogP contribution < -0.4 is 0 Å². The highest BCUT2D eigenvalue weighted by Gasteiger charge is 2.13. The molecule has 0 amide bonds. The Kier molecular flexibility index (Phi) is 4.17. The lowest BCUT2D eigenvalue weighted by Gasteiger charge is -2.05. The molecule has 0 fully saturated rings. The topological polar surface area (TPSA) is 52.1 Å². The molecule has 0 radical (unpaired) electrons. The van der Waals surface area contributed by atoms with Gasteiger partial charge in [-0.3, -0.25) is 4.79 Å². The zero-order chi connectivity index (χ0) is 9.68. The second kappa shape index (κ2) is 5.18. The van der Waals surface area contributed by atoms with Gasteiger partial charge in [-0.2, -0.15) is 4.37 Å². The van der Waals surface area contributed by atoms with Crippen molar-refractivity contribution in [1.82, 2.24) is 9.36 Å². The second-order valence-corrected chi connectivity index (χ2v) is 4.49. The van der Waals surface area contributed by atoms with Crippen LogP contribution in [0.15, 0.2) is 10.7 Å². The third kappa shape index (κ3) is 3.31. The van der Waals surface area contributed by atoms with E-state index in [9.17, 15) is 4.79 Å². The second-order valence-electron chi connectivity index (χ2n) is 2.44. The Bertz CT molecular complexity index is 263. The third-order valence-electron chi connectivity index (χ3n) is 1.40. The molecule has 0 saturated carbocycles. The SMILES string of the molecule is COC(=O)C(C)CSc1ncns1. The summed E-state index contributed by atoms with van der Waals surface area (Å²) in [6, 6.07) is 0. The first-order valence-electron chi connectivity index (χ1n) is 3.71. The van der Waals surface area contributed by atoms with E-state index in [4.69, 9.17) is 0 Å². The summed E-state index contributed by atoms with van der Waals surface area (Å²) in [5.41, 5.74) is 0. The van der Waals surface area contributed by atoms with E-state index in [0.29, 0.717) is 5.75 Å². The molecule has 13 heavy (non-hydrogen) atoms. The van der Waals surface area contributed by atoms with Crippen molar-refractivity contribution in [3.63, 3.8) is 0 Å². The summed E-state index contributed by atoms with van der Waals surface area (Å²) >= 11 is 2.86. The molecule has 0 saturated heterocycles. The van der Waals surface area contributed by atoms with E-state index in [1.165, 1.54) is 36.7 Å². The zero-order valence-electron chi connectivity index (χ0n) is 7.39. The first-order chi connectivity index (χ1) is 6.24. The summed E-state index contributed by atoms with van der Waals surface area (Å²) < 4.78 is 9.34. The summed E-state index contributed by atoms with van der Waals surface area (Å²) in [5, 5.41) is 0. The molecule has 0 N–H and O–H groups in total. The molecule has 0 aliphatic rings. The Morgan fingerprint density at radius 1 is 1.85 bits per heavy atom. The van der Waals surface area contributed by atoms with Crippen LogP contribution in [-0.2, 0) is 9.53 Å². The number of hydrogen-bond acceptors (Lipinski definition) is 6. The Balaban J connectivity index is 2.30. The molecule has 0 aliphatic heterocycles. The minimum absolute atomic E-state index is 0.0982. The lowest BCUT2D eigenvalue weighted by Crippen LogP contribution is -2.14. The fraction of sp³-hybridized carbons (Fsp3) is 0.571. The smallest absolute Gasteiger partial charge is 0.309 e. The van der Waals surface area contributed by atoms with Crippen molar-refractivity contribution < 1.29 is 9.53 Å². The molecule has 0 aromatic carbocycles. The average molecular weight is 218 g/mol. The summed E-state index contributed by atoms with van der Waals surface area (Å²) in [5.74, 6) is 0.401. The first-order valence-corrected chi connectivity index (χ1v) is 5.47. The summed E-state index contributed by atoms with van der Waals surface area (Å²) in [7, 11) is 1.40. The maximum Gasteiger partial charge on any atom is 0.309 e. The van der Waals surface area contributed by atoms with Gasteiger partial charge in [0.25, 0.3) is 0 Å².